The van der Waals surface area contributed by atoms with Crippen molar-refractivity contribution < 1.29 is 14.2 Å². The van der Waals surface area contributed by atoms with E-state index in [0.717, 1.165) is 36.8 Å². The van der Waals surface area contributed by atoms with E-state index < -0.39 is 0 Å². The lowest BCUT2D eigenvalue weighted by Gasteiger charge is -2.42. The van der Waals surface area contributed by atoms with Crippen LogP contribution in [0, 0.1) is 6.92 Å². The number of methoxy groups -OCH3 is 2. The molecule has 4 heteroatoms. The topological polar surface area (TPSA) is 39.7 Å². The van der Waals surface area contributed by atoms with Gasteiger partial charge in [0.1, 0.15) is 11.5 Å². The van der Waals surface area contributed by atoms with Gasteiger partial charge >= 0.3 is 0 Å². The molecule has 0 aliphatic carbocycles. The van der Waals surface area contributed by atoms with Crippen molar-refractivity contribution in [2.45, 2.75) is 12.3 Å². The molecule has 18 heavy (non-hydrogen) atoms. The number of hydrogen-bond acceptors (Lipinski definition) is 4. The summed E-state index contributed by atoms with van der Waals surface area (Å²) in [5.41, 5.74) is 2.26. The predicted molar refractivity (Wildman–Crippen MR) is 70.7 cm³/mol. The lowest BCUT2D eigenvalue weighted by Crippen LogP contribution is -2.53. The van der Waals surface area contributed by atoms with Gasteiger partial charge in [-0.1, -0.05) is 6.07 Å². The molecule has 2 rings (SSSR count). The molecule has 100 valence electrons. The van der Waals surface area contributed by atoms with E-state index in [1.807, 2.05) is 20.0 Å². The molecule has 0 saturated carbocycles. The summed E-state index contributed by atoms with van der Waals surface area (Å²) >= 11 is 0. The number of rotatable bonds is 5. The van der Waals surface area contributed by atoms with Gasteiger partial charge in [-0.3, -0.25) is 0 Å². The summed E-state index contributed by atoms with van der Waals surface area (Å²) in [5.74, 6) is 1.77. The van der Waals surface area contributed by atoms with Crippen LogP contribution < -0.4 is 14.8 Å². The highest BCUT2D eigenvalue weighted by Gasteiger charge is 2.42. The molecule has 1 aliphatic heterocycles. The minimum absolute atomic E-state index is 0.0249. The maximum absolute atomic E-state index is 5.58. The molecule has 1 aliphatic rings. The second-order valence-electron chi connectivity index (χ2n) is 4.78. The lowest BCUT2D eigenvalue weighted by atomic mass is 9.77. The number of benzene rings is 1. The van der Waals surface area contributed by atoms with Crippen LogP contribution in [0.4, 0.5) is 0 Å². The molecular weight excluding hydrogens is 230 g/mol. The Balaban J connectivity index is 2.47. The van der Waals surface area contributed by atoms with Gasteiger partial charge in [-0.2, -0.15) is 0 Å². The molecule has 1 N–H and O–H groups in total. The molecule has 0 radical (unpaired) electrons. The van der Waals surface area contributed by atoms with Crippen molar-refractivity contribution >= 4 is 0 Å². The minimum atomic E-state index is 0.0249. The van der Waals surface area contributed by atoms with Crippen molar-refractivity contribution in [3.8, 4) is 11.5 Å². The highest BCUT2D eigenvalue weighted by atomic mass is 16.5. The summed E-state index contributed by atoms with van der Waals surface area (Å²) in [6, 6.07) is 4.09. The molecule has 0 aromatic heterocycles. The predicted octanol–water partition coefficient (Wildman–Crippen LogP) is 1.50. The first-order valence-electron chi connectivity index (χ1n) is 6.13. The average Bonchev–Trinajstić information content (AvgIpc) is 2.33. The van der Waals surface area contributed by atoms with E-state index in [1.165, 1.54) is 5.56 Å². The molecule has 1 fully saturated rings. The number of ether oxygens (including phenoxy) is 3. The zero-order valence-electron chi connectivity index (χ0n) is 11.5. The van der Waals surface area contributed by atoms with Gasteiger partial charge in [0.2, 0.25) is 0 Å². The Labute approximate surface area is 108 Å². The van der Waals surface area contributed by atoms with Gasteiger partial charge in [0.25, 0.3) is 0 Å². The Kier molecular flexibility index (Phi) is 3.78. The van der Waals surface area contributed by atoms with Crippen LogP contribution in [0.25, 0.3) is 0 Å². The monoisotopic (exact) mass is 251 g/mol. The Morgan fingerprint density at radius 3 is 2.44 bits per heavy atom. The van der Waals surface area contributed by atoms with Gasteiger partial charge in [0.15, 0.2) is 0 Å². The van der Waals surface area contributed by atoms with Gasteiger partial charge in [-0.15, -0.1) is 0 Å². The molecule has 0 bridgehead atoms. The number of nitrogens with one attached hydrogen (secondary N) is 1. The Morgan fingerprint density at radius 1 is 1.28 bits per heavy atom. The fraction of sp³-hybridized carbons (Fsp3) is 0.571. The summed E-state index contributed by atoms with van der Waals surface area (Å²) in [6.45, 7) is 4.37. The van der Waals surface area contributed by atoms with Crippen LogP contribution in [-0.4, -0.2) is 41.0 Å². The second-order valence-corrected chi connectivity index (χ2v) is 4.78. The molecule has 0 atom stereocenters. The summed E-state index contributed by atoms with van der Waals surface area (Å²) in [4.78, 5) is 0. The van der Waals surface area contributed by atoms with E-state index in [1.54, 1.807) is 14.2 Å². The highest BCUT2D eigenvalue weighted by Crippen LogP contribution is 2.41. The largest absolute Gasteiger partial charge is 0.496 e. The van der Waals surface area contributed by atoms with Gasteiger partial charge in [-0.25, -0.2) is 0 Å². The van der Waals surface area contributed by atoms with Crippen molar-refractivity contribution in [1.82, 2.24) is 5.32 Å². The van der Waals surface area contributed by atoms with Gasteiger partial charge < -0.3 is 19.5 Å². The summed E-state index contributed by atoms with van der Waals surface area (Å²) < 4.78 is 16.3. The van der Waals surface area contributed by atoms with E-state index in [-0.39, 0.29) is 5.41 Å². The standard InChI is InChI=1S/C14H21NO3/c1-10-12(16-3)6-5-11(13(10)17-4)14(7-15-2)8-18-9-14/h5-6,15H,7-9H2,1-4H3. The molecule has 0 amide bonds. The van der Waals surface area contributed by atoms with E-state index in [9.17, 15) is 0 Å². The van der Waals surface area contributed by atoms with Crippen LogP contribution in [-0.2, 0) is 10.2 Å². The van der Waals surface area contributed by atoms with Crippen LogP contribution in [0.2, 0.25) is 0 Å². The maximum atomic E-state index is 5.58. The SMILES string of the molecule is CNCC1(c2ccc(OC)c(C)c2OC)COC1. The smallest absolute Gasteiger partial charge is 0.129 e. The van der Waals surface area contributed by atoms with E-state index in [4.69, 9.17) is 14.2 Å². The molecule has 0 unspecified atom stereocenters. The Hall–Kier alpha value is -1.26. The maximum Gasteiger partial charge on any atom is 0.129 e. The van der Waals surface area contributed by atoms with Gasteiger partial charge in [-0.05, 0) is 20.0 Å². The normalized spacial score (nSPS) is 17.1. The summed E-state index contributed by atoms with van der Waals surface area (Å²) in [7, 11) is 5.35. The lowest BCUT2D eigenvalue weighted by molar-refractivity contribution is -0.0592. The first kappa shape index (κ1) is 13.2. The van der Waals surface area contributed by atoms with Crippen molar-refractivity contribution in [1.29, 1.82) is 0 Å². The molecule has 1 saturated heterocycles. The fourth-order valence-electron chi connectivity index (χ4n) is 2.62. The first-order valence-corrected chi connectivity index (χ1v) is 6.13. The molecule has 1 aromatic rings. The van der Waals surface area contributed by atoms with Crippen LogP contribution in [0.5, 0.6) is 11.5 Å². The molecule has 4 nitrogen and oxygen atoms in total. The molecule has 1 heterocycles. The van der Waals surface area contributed by atoms with Gasteiger partial charge in [0, 0.05) is 17.7 Å². The summed E-state index contributed by atoms with van der Waals surface area (Å²) in [5, 5.41) is 3.24. The fourth-order valence-corrected chi connectivity index (χ4v) is 2.62. The Morgan fingerprint density at radius 2 is 2.00 bits per heavy atom. The summed E-state index contributed by atoms with van der Waals surface area (Å²) in [6.07, 6.45) is 0. The van der Waals surface area contributed by atoms with E-state index >= 15 is 0 Å². The third-order valence-electron chi connectivity index (χ3n) is 3.62. The minimum Gasteiger partial charge on any atom is -0.496 e. The third-order valence-corrected chi connectivity index (χ3v) is 3.62. The molecule has 1 aromatic carbocycles. The van der Waals surface area contributed by atoms with Crippen molar-refractivity contribution in [2.24, 2.45) is 0 Å². The number of hydrogen-bond donors (Lipinski definition) is 1. The van der Waals surface area contributed by atoms with Crippen molar-refractivity contribution in [2.75, 3.05) is 41.0 Å². The zero-order chi connectivity index (χ0) is 13.2. The zero-order valence-corrected chi connectivity index (χ0v) is 11.5. The second kappa shape index (κ2) is 5.16. The third kappa shape index (κ3) is 1.95. The highest BCUT2D eigenvalue weighted by molar-refractivity contribution is 5.53. The van der Waals surface area contributed by atoms with Crippen LogP contribution in [0.1, 0.15) is 11.1 Å². The molecule has 0 spiro atoms. The molecular formula is C14H21NO3. The number of likely N-dealkylation sites (N-methyl/N-ethyl adjacent to an activating group) is 1. The van der Waals surface area contributed by atoms with Crippen molar-refractivity contribution in [3.05, 3.63) is 23.3 Å². The van der Waals surface area contributed by atoms with Crippen LogP contribution in [0.3, 0.4) is 0 Å². The van der Waals surface area contributed by atoms with E-state index in [0.29, 0.717) is 0 Å². The Bertz CT molecular complexity index is 427. The van der Waals surface area contributed by atoms with Crippen LogP contribution >= 0.6 is 0 Å². The van der Waals surface area contributed by atoms with Crippen LogP contribution in [0.15, 0.2) is 12.1 Å². The van der Waals surface area contributed by atoms with Crippen molar-refractivity contribution in [3.63, 3.8) is 0 Å². The van der Waals surface area contributed by atoms with E-state index in [2.05, 4.69) is 11.4 Å². The quantitative estimate of drug-likeness (QED) is 0.861. The first-order chi connectivity index (χ1) is 8.68. The average molecular weight is 251 g/mol. The van der Waals surface area contributed by atoms with Gasteiger partial charge in [0.05, 0.1) is 32.8 Å².